The van der Waals surface area contributed by atoms with Crippen LogP contribution in [0, 0.1) is 0 Å². The number of nitrogens with one attached hydrogen (secondary N) is 1. The minimum Gasteiger partial charge on any atom is -0.373 e. The molecule has 0 amide bonds. The molecule has 0 spiro atoms. The van der Waals surface area contributed by atoms with Gasteiger partial charge in [-0.05, 0) is 6.92 Å². The minimum absolute atomic E-state index is 0.0914. The van der Waals surface area contributed by atoms with Gasteiger partial charge in [0.2, 0.25) is 0 Å². The number of alkyl halides is 1. The number of ether oxygens (including phenoxy) is 1. The van der Waals surface area contributed by atoms with Gasteiger partial charge >= 0.3 is 0 Å². The summed E-state index contributed by atoms with van der Waals surface area (Å²) in [5.74, 6) is 0. The molecule has 1 aliphatic heterocycles. The van der Waals surface area contributed by atoms with E-state index in [-0.39, 0.29) is 18.9 Å². The first-order valence-corrected chi connectivity index (χ1v) is 3.75. The van der Waals surface area contributed by atoms with E-state index in [2.05, 4.69) is 5.32 Å². The summed E-state index contributed by atoms with van der Waals surface area (Å²) in [7, 11) is 0. The average molecular weight is 147 g/mol. The van der Waals surface area contributed by atoms with Gasteiger partial charge in [-0.1, -0.05) is 0 Å². The van der Waals surface area contributed by atoms with Crippen LogP contribution in [0.3, 0.4) is 0 Å². The first-order chi connectivity index (χ1) is 4.83. The monoisotopic (exact) mass is 147 g/mol. The first-order valence-electron chi connectivity index (χ1n) is 3.75. The van der Waals surface area contributed by atoms with Gasteiger partial charge in [-0.2, -0.15) is 0 Å². The van der Waals surface area contributed by atoms with E-state index in [1.54, 1.807) is 0 Å². The second kappa shape index (κ2) is 3.88. The third kappa shape index (κ3) is 2.23. The maximum atomic E-state index is 11.8. The molecule has 1 saturated heterocycles. The van der Waals surface area contributed by atoms with Crippen molar-refractivity contribution in [3.05, 3.63) is 0 Å². The van der Waals surface area contributed by atoms with Crippen LogP contribution in [0.1, 0.15) is 13.3 Å². The molecule has 0 aromatic heterocycles. The van der Waals surface area contributed by atoms with Crippen LogP contribution in [0.15, 0.2) is 0 Å². The molecule has 1 heterocycles. The lowest BCUT2D eigenvalue weighted by Crippen LogP contribution is -2.43. The molecule has 0 aliphatic carbocycles. The quantitative estimate of drug-likeness (QED) is 0.621. The summed E-state index contributed by atoms with van der Waals surface area (Å²) in [6.07, 6.45) is 0.858. The zero-order valence-electron chi connectivity index (χ0n) is 6.27. The molecule has 0 aromatic carbocycles. The molecule has 0 bridgehead atoms. The van der Waals surface area contributed by atoms with Gasteiger partial charge in [0.15, 0.2) is 0 Å². The Kier molecular flexibility index (Phi) is 3.09. The largest absolute Gasteiger partial charge is 0.373 e. The molecule has 1 aliphatic rings. The van der Waals surface area contributed by atoms with Gasteiger partial charge in [0, 0.05) is 19.5 Å². The van der Waals surface area contributed by atoms with Gasteiger partial charge in [-0.15, -0.1) is 0 Å². The Morgan fingerprint density at radius 2 is 2.40 bits per heavy atom. The molecular formula is C7H14FNO. The van der Waals surface area contributed by atoms with Gasteiger partial charge in [-0.25, -0.2) is 0 Å². The molecule has 0 saturated carbocycles. The minimum atomic E-state index is -0.279. The summed E-state index contributed by atoms with van der Waals surface area (Å²) in [4.78, 5) is 0. The van der Waals surface area contributed by atoms with E-state index in [4.69, 9.17) is 4.74 Å². The van der Waals surface area contributed by atoms with E-state index in [1.165, 1.54) is 0 Å². The molecule has 10 heavy (non-hydrogen) atoms. The van der Waals surface area contributed by atoms with Crippen molar-refractivity contribution >= 4 is 0 Å². The zero-order valence-corrected chi connectivity index (χ0v) is 6.27. The lowest BCUT2D eigenvalue weighted by molar-refractivity contribution is -0.0331. The van der Waals surface area contributed by atoms with Crippen molar-refractivity contribution in [2.45, 2.75) is 25.6 Å². The van der Waals surface area contributed by atoms with Crippen LogP contribution in [0.4, 0.5) is 4.39 Å². The maximum absolute atomic E-state index is 11.8. The Balaban J connectivity index is 2.18. The van der Waals surface area contributed by atoms with Crippen LogP contribution in [-0.4, -0.2) is 32.0 Å². The average Bonchev–Trinajstić information content (AvgIpc) is 1.88. The molecule has 1 N–H and O–H groups in total. The first kappa shape index (κ1) is 7.95. The topological polar surface area (TPSA) is 21.3 Å². The van der Waals surface area contributed by atoms with Gasteiger partial charge in [0.1, 0.15) is 0 Å². The van der Waals surface area contributed by atoms with Crippen LogP contribution in [0.25, 0.3) is 0 Å². The van der Waals surface area contributed by atoms with Crippen LogP contribution < -0.4 is 5.32 Å². The van der Waals surface area contributed by atoms with Gasteiger partial charge < -0.3 is 10.1 Å². The summed E-state index contributed by atoms with van der Waals surface area (Å²) in [6, 6.07) is 0. The van der Waals surface area contributed by atoms with E-state index in [0.29, 0.717) is 6.42 Å². The Hall–Kier alpha value is -0.150. The van der Waals surface area contributed by atoms with E-state index in [1.807, 2.05) is 6.92 Å². The summed E-state index contributed by atoms with van der Waals surface area (Å²) in [5, 5.41) is 3.18. The lowest BCUT2D eigenvalue weighted by Gasteiger charge is -2.27. The zero-order chi connectivity index (χ0) is 7.40. The Labute approximate surface area is 60.8 Å². The fourth-order valence-electron chi connectivity index (χ4n) is 1.16. The fourth-order valence-corrected chi connectivity index (χ4v) is 1.16. The standard InChI is InChI=1S/C7H14FNO/c1-6-4-9-5-7(10-6)2-3-8/h6-7,9H,2-5H2,1H3/t6-,7+/m1/s1. The summed E-state index contributed by atoms with van der Waals surface area (Å²) in [6.45, 7) is 3.41. The van der Waals surface area contributed by atoms with Crippen molar-refractivity contribution in [1.82, 2.24) is 5.32 Å². The maximum Gasteiger partial charge on any atom is 0.0919 e. The van der Waals surface area contributed by atoms with E-state index in [9.17, 15) is 4.39 Å². The second-order valence-corrected chi connectivity index (χ2v) is 2.70. The predicted molar refractivity (Wildman–Crippen MR) is 37.8 cm³/mol. The van der Waals surface area contributed by atoms with Crippen LogP contribution in [0.5, 0.6) is 0 Å². The lowest BCUT2D eigenvalue weighted by atomic mass is 10.2. The van der Waals surface area contributed by atoms with Gasteiger partial charge in [0.05, 0.1) is 18.9 Å². The number of hydrogen-bond donors (Lipinski definition) is 1. The number of hydrogen-bond acceptors (Lipinski definition) is 2. The van der Waals surface area contributed by atoms with E-state index in [0.717, 1.165) is 13.1 Å². The smallest absolute Gasteiger partial charge is 0.0919 e. The highest BCUT2D eigenvalue weighted by Gasteiger charge is 2.17. The van der Waals surface area contributed by atoms with Crippen molar-refractivity contribution in [2.75, 3.05) is 19.8 Å². The summed E-state index contributed by atoms with van der Waals surface area (Å²) >= 11 is 0. The fraction of sp³-hybridized carbons (Fsp3) is 1.00. The van der Waals surface area contributed by atoms with E-state index >= 15 is 0 Å². The number of morpholine rings is 1. The third-order valence-electron chi connectivity index (χ3n) is 1.66. The van der Waals surface area contributed by atoms with Crippen molar-refractivity contribution in [2.24, 2.45) is 0 Å². The van der Waals surface area contributed by atoms with Crippen LogP contribution in [0.2, 0.25) is 0 Å². The predicted octanol–water partition coefficient (Wildman–Crippen LogP) is 0.723. The highest BCUT2D eigenvalue weighted by molar-refractivity contribution is 4.70. The van der Waals surface area contributed by atoms with Crippen molar-refractivity contribution < 1.29 is 9.13 Å². The molecular weight excluding hydrogens is 133 g/mol. The molecule has 1 fully saturated rings. The number of halogens is 1. The molecule has 0 aromatic rings. The highest BCUT2D eigenvalue weighted by Crippen LogP contribution is 2.06. The molecule has 1 rings (SSSR count). The Morgan fingerprint density at radius 1 is 1.60 bits per heavy atom. The SMILES string of the molecule is C[C@@H]1CNC[C@H](CCF)O1. The molecule has 0 radical (unpaired) electrons. The van der Waals surface area contributed by atoms with Crippen molar-refractivity contribution in [1.29, 1.82) is 0 Å². The van der Waals surface area contributed by atoms with Crippen LogP contribution >= 0.6 is 0 Å². The van der Waals surface area contributed by atoms with Gasteiger partial charge in [0.25, 0.3) is 0 Å². The van der Waals surface area contributed by atoms with Crippen molar-refractivity contribution in [3.63, 3.8) is 0 Å². The molecule has 0 unspecified atom stereocenters. The molecule has 60 valence electrons. The van der Waals surface area contributed by atoms with Gasteiger partial charge in [-0.3, -0.25) is 4.39 Å². The molecule has 2 atom stereocenters. The van der Waals surface area contributed by atoms with Crippen LogP contribution in [-0.2, 0) is 4.74 Å². The molecule has 2 nitrogen and oxygen atoms in total. The summed E-state index contributed by atoms with van der Waals surface area (Å²) in [5.41, 5.74) is 0. The second-order valence-electron chi connectivity index (χ2n) is 2.70. The highest BCUT2D eigenvalue weighted by atomic mass is 19.1. The number of rotatable bonds is 2. The third-order valence-corrected chi connectivity index (χ3v) is 1.66. The normalized spacial score (nSPS) is 34.2. The molecule has 3 heteroatoms. The van der Waals surface area contributed by atoms with E-state index < -0.39 is 0 Å². The summed E-state index contributed by atoms with van der Waals surface area (Å²) < 4.78 is 17.2. The Bertz CT molecular complexity index is 97.6. The Morgan fingerprint density at radius 3 is 3.00 bits per heavy atom. The van der Waals surface area contributed by atoms with Crippen molar-refractivity contribution in [3.8, 4) is 0 Å².